The van der Waals surface area contributed by atoms with Gasteiger partial charge in [-0.05, 0) is 29.7 Å². The van der Waals surface area contributed by atoms with Crippen molar-refractivity contribution >= 4 is 17.5 Å². The van der Waals surface area contributed by atoms with Crippen molar-refractivity contribution in [1.82, 2.24) is 14.7 Å². The fourth-order valence-electron chi connectivity index (χ4n) is 3.73. The summed E-state index contributed by atoms with van der Waals surface area (Å²) in [7, 11) is 1.81. The summed E-state index contributed by atoms with van der Waals surface area (Å²) in [6.07, 6.45) is 5.66. The zero-order valence-corrected chi connectivity index (χ0v) is 17.2. The van der Waals surface area contributed by atoms with Crippen LogP contribution in [0.3, 0.4) is 0 Å². The zero-order chi connectivity index (χ0) is 20.9. The van der Waals surface area contributed by atoms with Crippen LogP contribution in [0.25, 0.3) is 0 Å². The van der Waals surface area contributed by atoms with Gasteiger partial charge in [-0.2, -0.15) is 5.10 Å². The van der Waals surface area contributed by atoms with E-state index in [4.69, 9.17) is 0 Å². The van der Waals surface area contributed by atoms with E-state index in [0.717, 1.165) is 29.8 Å². The quantitative estimate of drug-likeness (QED) is 0.610. The topological polar surface area (TPSA) is 58.4 Å². The van der Waals surface area contributed by atoms with Gasteiger partial charge >= 0.3 is 0 Å². The lowest BCUT2D eigenvalue weighted by Gasteiger charge is -2.18. The second-order valence-corrected chi connectivity index (χ2v) is 7.77. The molecular weight excluding hydrogens is 376 g/mol. The first-order chi connectivity index (χ1) is 14.6. The Balaban J connectivity index is 1.31. The Morgan fingerprint density at radius 3 is 2.50 bits per heavy atom. The van der Waals surface area contributed by atoms with E-state index in [9.17, 15) is 9.59 Å². The molecule has 30 heavy (non-hydrogen) atoms. The molecule has 0 unspecified atom stereocenters. The van der Waals surface area contributed by atoms with Crippen molar-refractivity contribution in [3.05, 3.63) is 83.7 Å². The number of aromatic nitrogens is 2. The Labute approximate surface area is 176 Å². The van der Waals surface area contributed by atoms with E-state index in [0.29, 0.717) is 25.9 Å². The van der Waals surface area contributed by atoms with Crippen LogP contribution >= 0.6 is 0 Å². The van der Waals surface area contributed by atoms with Crippen molar-refractivity contribution in [3.63, 3.8) is 0 Å². The summed E-state index contributed by atoms with van der Waals surface area (Å²) in [4.78, 5) is 28.0. The highest BCUT2D eigenvalue weighted by atomic mass is 16.2. The maximum absolute atomic E-state index is 12.6. The van der Waals surface area contributed by atoms with Crippen molar-refractivity contribution in [1.29, 1.82) is 0 Å². The molecule has 154 valence electrons. The summed E-state index contributed by atoms with van der Waals surface area (Å²) in [5, 5.41) is 4.41. The van der Waals surface area contributed by atoms with Gasteiger partial charge in [-0.1, -0.05) is 42.5 Å². The number of anilines is 1. The van der Waals surface area contributed by atoms with Crippen molar-refractivity contribution in [2.24, 2.45) is 0 Å². The Morgan fingerprint density at radius 2 is 1.80 bits per heavy atom. The minimum atomic E-state index is 0.0517. The molecule has 0 N–H and O–H groups in total. The van der Waals surface area contributed by atoms with Crippen LogP contribution < -0.4 is 4.90 Å². The molecule has 0 bridgehead atoms. The minimum absolute atomic E-state index is 0.0517. The molecule has 2 aromatic carbocycles. The van der Waals surface area contributed by atoms with Crippen LogP contribution in [0, 0.1) is 0 Å². The van der Waals surface area contributed by atoms with Gasteiger partial charge in [-0.25, -0.2) is 0 Å². The van der Waals surface area contributed by atoms with E-state index in [1.54, 1.807) is 4.90 Å². The van der Waals surface area contributed by atoms with Crippen LogP contribution in [0.4, 0.5) is 5.69 Å². The lowest BCUT2D eigenvalue weighted by molar-refractivity contribution is -0.129. The zero-order valence-electron chi connectivity index (χ0n) is 17.2. The first kappa shape index (κ1) is 19.9. The summed E-state index contributed by atoms with van der Waals surface area (Å²) in [5.41, 5.74) is 4.05. The molecule has 0 spiro atoms. The third-order valence-corrected chi connectivity index (χ3v) is 5.40. The maximum atomic E-state index is 12.6. The lowest BCUT2D eigenvalue weighted by Crippen LogP contribution is -2.27. The van der Waals surface area contributed by atoms with E-state index >= 15 is 0 Å². The molecule has 1 saturated heterocycles. The number of carbonyl (C=O) groups excluding carboxylic acids is 2. The molecule has 0 atom stereocenters. The standard InChI is InChI=1S/C24H26N4O2/c1-26(16-21-15-25-27(18-21)17-20-6-3-2-4-7-20)24(30)14-19-9-11-22(12-10-19)28-13-5-8-23(28)29/h2-4,6-7,9-12,15,18H,5,8,13-14,16-17H2,1H3. The Bertz CT molecular complexity index is 1010. The lowest BCUT2D eigenvalue weighted by atomic mass is 10.1. The molecule has 1 aliphatic heterocycles. The highest BCUT2D eigenvalue weighted by molar-refractivity contribution is 5.95. The summed E-state index contributed by atoms with van der Waals surface area (Å²) < 4.78 is 1.89. The number of hydrogen-bond acceptors (Lipinski definition) is 3. The third-order valence-electron chi connectivity index (χ3n) is 5.40. The Morgan fingerprint density at radius 1 is 1.03 bits per heavy atom. The molecule has 2 heterocycles. The van der Waals surface area contributed by atoms with Crippen LogP contribution in [0.5, 0.6) is 0 Å². The Hall–Kier alpha value is -3.41. The van der Waals surface area contributed by atoms with Gasteiger partial charge in [0.2, 0.25) is 11.8 Å². The monoisotopic (exact) mass is 402 g/mol. The molecule has 0 saturated carbocycles. The number of amides is 2. The summed E-state index contributed by atoms with van der Waals surface area (Å²) in [6, 6.07) is 17.9. The predicted molar refractivity (Wildman–Crippen MR) is 116 cm³/mol. The molecule has 1 aromatic heterocycles. The van der Waals surface area contributed by atoms with E-state index in [2.05, 4.69) is 17.2 Å². The van der Waals surface area contributed by atoms with Crippen molar-refractivity contribution < 1.29 is 9.59 Å². The first-order valence-electron chi connectivity index (χ1n) is 10.3. The molecule has 0 radical (unpaired) electrons. The second-order valence-electron chi connectivity index (χ2n) is 7.77. The molecule has 1 aliphatic rings. The summed E-state index contributed by atoms with van der Waals surface area (Å²) in [6.45, 7) is 2.01. The van der Waals surface area contributed by atoms with E-state index in [1.807, 2.05) is 71.5 Å². The summed E-state index contributed by atoms with van der Waals surface area (Å²) >= 11 is 0. The molecule has 0 aliphatic carbocycles. The smallest absolute Gasteiger partial charge is 0.227 e. The number of likely N-dealkylation sites (N-methyl/N-ethyl adjacent to an activating group) is 1. The van der Waals surface area contributed by atoms with Crippen LogP contribution in [0.2, 0.25) is 0 Å². The number of nitrogens with zero attached hydrogens (tertiary/aromatic N) is 4. The molecule has 6 nitrogen and oxygen atoms in total. The minimum Gasteiger partial charge on any atom is -0.341 e. The van der Waals surface area contributed by atoms with Crippen LogP contribution in [-0.4, -0.2) is 40.1 Å². The van der Waals surface area contributed by atoms with Crippen molar-refractivity contribution in [2.75, 3.05) is 18.5 Å². The third kappa shape index (κ3) is 4.76. The van der Waals surface area contributed by atoms with Crippen LogP contribution in [-0.2, 0) is 29.1 Å². The number of rotatable bonds is 7. The van der Waals surface area contributed by atoms with Crippen LogP contribution in [0.15, 0.2) is 67.0 Å². The largest absolute Gasteiger partial charge is 0.341 e. The van der Waals surface area contributed by atoms with Gasteiger partial charge in [0, 0.05) is 44.0 Å². The Kier molecular flexibility index (Phi) is 5.93. The van der Waals surface area contributed by atoms with Gasteiger partial charge in [-0.15, -0.1) is 0 Å². The van der Waals surface area contributed by atoms with E-state index in [-0.39, 0.29) is 11.8 Å². The molecule has 1 fully saturated rings. The van der Waals surface area contributed by atoms with Gasteiger partial charge < -0.3 is 9.80 Å². The summed E-state index contributed by atoms with van der Waals surface area (Å²) in [5.74, 6) is 0.224. The average molecular weight is 402 g/mol. The predicted octanol–water partition coefficient (Wildman–Crippen LogP) is 3.26. The molecular formula is C24H26N4O2. The first-order valence-corrected chi connectivity index (χ1v) is 10.3. The van der Waals surface area contributed by atoms with E-state index in [1.165, 1.54) is 5.56 Å². The maximum Gasteiger partial charge on any atom is 0.227 e. The van der Waals surface area contributed by atoms with Gasteiger partial charge in [0.25, 0.3) is 0 Å². The molecule has 2 amide bonds. The van der Waals surface area contributed by atoms with E-state index < -0.39 is 0 Å². The van der Waals surface area contributed by atoms with Gasteiger partial charge in [0.1, 0.15) is 0 Å². The number of benzene rings is 2. The molecule has 6 heteroatoms. The highest BCUT2D eigenvalue weighted by Crippen LogP contribution is 2.22. The van der Waals surface area contributed by atoms with Crippen molar-refractivity contribution in [2.45, 2.75) is 32.4 Å². The van der Waals surface area contributed by atoms with Crippen molar-refractivity contribution in [3.8, 4) is 0 Å². The fourth-order valence-corrected chi connectivity index (χ4v) is 3.73. The number of hydrogen-bond donors (Lipinski definition) is 0. The van der Waals surface area contributed by atoms with Gasteiger partial charge in [0.05, 0.1) is 19.2 Å². The van der Waals surface area contributed by atoms with Gasteiger partial charge in [-0.3, -0.25) is 14.3 Å². The SMILES string of the molecule is CN(Cc1cnn(Cc2ccccc2)c1)C(=O)Cc1ccc(N2CCCC2=O)cc1. The highest BCUT2D eigenvalue weighted by Gasteiger charge is 2.21. The normalized spacial score (nSPS) is 13.6. The second kappa shape index (κ2) is 8.95. The van der Waals surface area contributed by atoms with Crippen LogP contribution in [0.1, 0.15) is 29.5 Å². The number of carbonyl (C=O) groups is 2. The average Bonchev–Trinajstić information content (AvgIpc) is 3.38. The van der Waals surface area contributed by atoms with Gasteiger partial charge in [0.15, 0.2) is 0 Å². The fraction of sp³-hybridized carbons (Fsp3) is 0.292. The molecule has 4 rings (SSSR count). The molecule has 3 aromatic rings.